The third kappa shape index (κ3) is 3.36. The molecule has 0 saturated heterocycles. The molecular formula is C23H21N. The van der Waals surface area contributed by atoms with Crippen molar-refractivity contribution in [2.45, 2.75) is 12.8 Å². The Hall–Kier alpha value is -2.93. The summed E-state index contributed by atoms with van der Waals surface area (Å²) in [5.74, 6) is 0. The van der Waals surface area contributed by atoms with Crippen LogP contribution in [0.1, 0.15) is 11.1 Å². The Kier molecular flexibility index (Phi) is 5.02. The molecule has 0 fully saturated rings. The van der Waals surface area contributed by atoms with Gasteiger partial charge in [0.25, 0.3) is 0 Å². The average molecular weight is 311 g/mol. The molecule has 3 rings (SSSR count). The first-order valence-corrected chi connectivity index (χ1v) is 8.19. The maximum absolute atomic E-state index is 4.93. The van der Waals surface area contributed by atoms with Gasteiger partial charge >= 0.3 is 0 Å². The molecule has 0 bridgehead atoms. The van der Waals surface area contributed by atoms with Gasteiger partial charge in [-0.15, -0.1) is 13.2 Å². The second-order valence-corrected chi connectivity index (χ2v) is 5.71. The van der Waals surface area contributed by atoms with Crippen LogP contribution in [-0.4, -0.2) is 4.98 Å². The van der Waals surface area contributed by atoms with E-state index in [0.29, 0.717) is 0 Å². The normalized spacial score (nSPS) is 10.3. The van der Waals surface area contributed by atoms with Gasteiger partial charge in [-0.2, -0.15) is 0 Å². The Morgan fingerprint density at radius 3 is 1.54 bits per heavy atom. The maximum Gasteiger partial charge on any atom is 0.0712 e. The molecule has 0 atom stereocenters. The van der Waals surface area contributed by atoms with Crippen LogP contribution in [0.25, 0.3) is 22.5 Å². The number of benzene rings is 2. The summed E-state index contributed by atoms with van der Waals surface area (Å²) in [5.41, 5.74) is 6.82. The minimum absolute atomic E-state index is 0.842. The first-order chi connectivity index (χ1) is 11.8. The Morgan fingerprint density at radius 1 is 0.625 bits per heavy atom. The van der Waals surface area contributed by atoms with Crippen molar-refractivity contribution in [3.63, 3.8) is 0 Å². The second-order valence-electron chi connectivity index (χ2n) is 5.71. The average Bonchev–Trinajstić information content (AvgIpc) is 2.63. The van der Waals surface area contributed by atoms with Crippen LogP contribution in [0.2, 0.25) is 0 Å². The zero-order valence-corrected chi connectivity index (χ0v) is 13.8. The standard InChI is InChI=1S/C23H21N/c1-3-10-18-12-5-7-14-20(18)22-16-9-17-23(24-22)21-15-8-6-13-19(21)11-4-2/h3-9,12-17H,1-2,10-11H2. The highest BCUT2D eigenvalue weighted by Crippen LogP contribution is 2.27. The lowest BCUT2D eigenvalue weighted by Crippen LogP contribution is -1.94. The summed E-state index contributed by atoms with van der Waals surface area (Å²) in [4.78, 5) is 4.93. The van der Waals surface area contributed by atoms with Gasteiger partial charge in [-0.3, -0.25) is 0 Å². The second kappa shape index (κ2) is 7.56. The maximum atomic E-state index is 4.93. The van der Waals surface area contributed by atoms with E-state index in [2.05, 4.69) is 79.9 Å². The molecule has 0 unspecified atom stereocenters. The lowest BCUT2D eigenvalue weighted by Gasteiger charge is -2.11. The van der Waals surface area contributed by atoms with Crippen molar-refractivity contribution in [1.29, 1.82) is 0 Å². The van der Waals surface area contributed by atoms with Crippen LogP contribution in [0.3, 0.4) is 0 Å². The van der Waals surface area contributed by atoms with Crippen molar-refractivity contribution in [2.24, 2.45) is 0 Å². The van der Waals surface area contributed by atoms with E-state index in [9.17, 15) is 0 Å². The molecule has 3 aromatic rings. The molecule has 0 N–H and O–H groups in total. The number of rotatable bonds is 6. The smallest absolute Gasteiger partial charge is 0.0712 e. The molecule has 0 aliphatic carbocycles. The molecular weight excluding hydrogens is 290 g/mol. The predicted molar refractivity (Wildman–Crippen MR) is 103 cm³/mol. The van der Waals surface area contributed by atoms with Gasteiger partial charge in [-0.05, 0) is 36.1 Å². The number of hydrogen-bond acceptors (Lipinski definition) is 1. The van der Waals surface area contributed by atoms with Gasteiger partial charge in [0, 0.05) is 11.1 Å². The van der Waals surface area contributed by atoms with E-state index in [1.807, 2.05) is 12.2 Å². The first-order valence-electron chi connectivity index (χ1n) is 8.19. The first kappa shape index (κ1) is 15.9. The lowest BCUT2D eigenvalue weighted by molar-refractivity contribution is 1.23. The highest BCUT2D eigenvalue weighted by atomic mass is 14.7. The third-order valence-electron chi connectivity index (χ3n) is 4.06. The third-order valence-corrected chi connectivity index (χ3v) is 4.06. The zero-order chi connectivity index (χ0) is 16.8. The minimum Gasteiger partial charge on any atom is -0.248 e. The van der Waals surface area contributed by atoms with Crippen LogP contribution in [0.5, 0.6) is 0 Å². The molecule has 24 heavy (non-hydrogen) atoms. The SMILES string of the molecule is C=CCc1ccccc1-c1cccc(-c2ccccc2CC=C)n1. The Morgan fingerprint density at radius 2 is 1.08 bits per heavy atom. The quantitative estimate of drug-likeness (QED) is 0.519. The summed E-state index contributed by atoms with van der Waals surface area (Å²) in [7, 11) is 0. The van der Waals surface area contributed by atoms with Gasteiger partial charge in [-0.1, -0.05) is 66.7 Å². The van der Waals surface area contributed by atoms with Crippen molar-refractivity contribution in [1.82, 2.24) is 4.98 Å². The minimum atomic E-state index is 0.842. The molecule has 0 aliphatic rings. The molecule has 2 aromatic carbocycles. The monoisotopic (exact) mass is 311 g/mol. The fourth-order valence-electron chi connectivity index (χ4n) is 2.94. The van der Waals surface area contributed by atoms with Gasteiger partial charge in [0.2, 0.25) is 0 Å². The van der Waals surface area contributed by atoms with Gasteiger partial charge in [0.1, 0.15) is 0 Å². The molecule has 1 heteroatoms. The molecule has 0 radical (unpaired) electrons. The number of allylic oxidation sites excluding steroid dienone is 2. The molecule has 1 heterocycles. The zero-order valence-electron chi connectivity index (χ0n) is 13.8. The predicted octanol–water partition coefficient (Wildman–Crippen LogP) is 5.87. The van der Waals surface area contributed by atoms with E-state index in [4.69, 9.17) is 4.98 Å². The van der Waals surface area contributed by atoms with Crippen molar-refractivity contribution in [3.8, 4) is 22.5 Å². The number of pyridine rings is 1. The van der Waals surface area contributed by atoms with E-state index in [0.717, 1.165) is 24.2 Å². The summed E-state index contributed by atoms with van der Waals surface area (Å²) in [6.45, 7) is 7.72. The fraction of sp³-hybridized carbons (Fsp3) is 0.0870. The van der Waals surface area contributed by atoms with Crippen LogP contribution in [0, 0.1) is 0 Å². The molecule has 0 amide bonds. The van der Waals surface area contributed by atoms with E-state index in [-0.39, 0.29) is 0 Å². The van der Waals surface area contributed by atoms with Gasteiger partial charge in [-0.25, -0.2) is 4.98 Å². The largest absolute Gasteiger partial charge is 0.248 e. The highest BCUT2D eigenvalue weighted by molar-refractivity contribution is 5.70. The molecule has 0 saturated carbocycles. The van der Waals surface area contributed by atoms with Crippen LogP contribution < -0.4 is 0 Å². The van der Waals surface area contributed by atoms with Crippen molar-refractivity contribution >= 4 is 0 Å². The van der Waals surface area contributed by atoms with Crippen LogP contribution in [0.4, 0.5) is 0 Å². The number of nitrogens with zero attached hydrogens (tertiary/aromatic N) is 1. The Bertz CT molecular complexity index is 792. The van der Waals surface area contributed by atoms with E-state index < -0.39 is 0 Å². The molecule has 0 aliphatic heterocycles. The van der Waals surface area contributed by atoms with Crippen molar-refractivity contribution in [3.05, 3.63) is 103 Å². The summed E-state index contributed by atoms with van der Waals surface area (Å²) in [5, 5.41) is 0. The summed E-state index contributed by atoms with van der Waals surface area (Å²) >= 11 is 0. The molecule has 0 spiro atoms. The van der Waals surface area contributed by atoms with Crippen LogP contribution in [0.15, 0.2) is 92.0 Å². The van der Waals surface area contributed by atoms with Gasteiger partial charge < -0.3 is 0 Å². The molecule has 118 valence electrons. The van der Waals surface area contributed by atoms with Crippen LogP contribution >= 0.6 is 0 Å². The Balaban J connectivity index is 2.08. The van der Waals surface area contributed by atoms with E-state index >= 15 is 0 Å². The topological polar surface area (TPSA) is 12.9 Å². The van der Waals surface area contributed by atoms with Crippen molar-refractivity contribution < 1.29 is 0 Å². The summed E-state index contributed by atoms with van der Waals surface area (Å²) < 4.78 is 0. The van der Waals surface area contributed by atoms with E-state index in [1.165, 1.54) is 22.3 Å². The number of hydrogen-bond donors (Lipinski definition) is 0. The molecule has 1 aromatic heterocycles. The van der Waals surface area contributed by atoms with Gasteiger partial charge in [0.15, 0.2) is 0 Å². The van der Waals surface area contributed by atoms with E-state index in [1.54, 1.807) is 0 Å². The molecule has 1 nitrogen and oxygen atoms in total. The van der Waals surface area contributed by atoms with Crippen LogP contribution in [-0.2, 0) is 12.8 Å². The van der Waals surface area contributed by atoms with Gasteiger partial charge in [0.05, 0.1) is 11.4 Å². The highest BCUT2D eigenvalue weighted by Gasteiger charge is 2.09. The summed E-state index contributed by atoms with van der Waals surface area (Å²) in [6, 6.07) is 23.0. The fourth-order valence-corrected chi connectivity index (χ4v) is 2.94. The number of aromatic nitrogens is 1. The summed E-state index contributed by atoms with van der Waals surface area (Å²) in [6.07, 6.45) is 5.55. The Labute approximate surface area is 144 Å². The van der Waals surface area contributed by atoms with Crippen molar-refractivity contribution in [2.75, 3.05) is 0 Å². The lowest BCUT2D eigenvalue weighted by atomic mass is 9.99.